The van der Waals surface area contributed by atoms with Gasteiger partial charge >= 0.3 is 6.18 Å². The first-order valence-electron chi connectivity index (χ1n) is 6.62. The summed E-state index contributed by atoms with van der Waals surface area (Å²) in [6, 6.07) is 5.06. The summed E-state index contributed by atoms with van der Waals surface area (Å²) in [7, 11) is -3.92. The molecule has 1 aromatic carbocycles. The topological polar surface area (TPSA) is 75.0 Å². The van der Waals surface area contributed by atoms with Crippen LogP contribution in [-0.4, -0.2) is 26.6 Å². The van der Waals surface area contributed by atoms with E-state index in [2.05, 4.69) is 6.08 Å². The molecule has 2 rings (SSSR count). The standard InChI is InChI=1S/C16H11F3NO3S/c1-9-5-12(15(13(21)6-9)16(17,18)19)11-4-3-10(8-20)7-14(11)24(2,22)23/h3-5,7,15H,1-2H3. The second-order valence-corrected chi connectivity index (χ2v) is 7.33. The number of ketones is 1. The normalized spacial score (nSPS) is 18.7. The summed E-state index contributed by atoms with van der Waals surface area (Å²) in [5.41, 5.74) is -0.551. The average Bonchev–Trinajstić information content (AvgIpc) is 2.43. The summed E-state index contributed by atoms with van der Waals surface area (Å²) < 4.78 is 63.9. The third kappa shape index (κ3) is 3.41. The lowest BCUT2D eigenvalue weighted by Crippen LogP contribution is -2.33. The van der Waals surface area contributed by atoms with Crippen LogP contribution in [-0.2, 0) is 14.6 Å². The number of alkyl halides is 3. The van der Waals surface area contributed by atoms with Crippen LogP contribution in [0.1, 0.15) is 18.1 Å². The van der Waals surface area contributed by atoms with Gasteiger partial charge in [-0.3, -0.25) is 4.79 Å². The van der Waals surface area contributed by atoms with Gasteiger partial charge in [-0.1, -0.05) is 12.1 Å². The van der Waals surface area contributed by atoms with Crippen LogP contribution in [0, 0.1) is 23.3 Å². The van der Waals surface area contributed by atoms with Crippen molar-refractivity contribution in [3.05, 3.63) is 47.1 Å². The first kappa shape index (κ1) is 17.9. The van der Waals surface area contributed by atoms with Gasteiger partial charge in [0.05, 0.1) is 16.5 Å². The maximum Gasteiger partial charge on any atom is 0.402 e. The van der Waals surface area contributed by atoms with Crippen molar-refractivity contribution >= 4 is 21.2 Å². The Morgan fingerprint density at radius 1 is 1.29 bits per heavy atom. The molecule has 0 N–H and O–H groups in total. The minimum Gasteiger partial charge on any atom is -0.293 e. The minimum absolute atomic E-state index is 0.00991. The van der Waals surface area contributed by atoms with Gasteiger partial charge in [0.15, 0.2) is 15.6 Å². The summed E-state index contributed by atoms with van der Waals surface area (Å²) in [5, 5.41) is 8.89. The number of nitriles is 1. The molecule has 0 spiro atoms. The number of Topliss-reactive ketones (excluding diaryl/α,β-unsaturated/α-hetero) is 1. The van der Waals surface area contributed by atoms with Crippen molar-refractivity contribution in [1.29, 1.82) is 5.26 Å². The second-order valence-electron chi connectivity index (χ2n) is 5.34. The van der Waals surface area contributed by atoms with Crippen molar-refractivity contribution in [3.8, 4) is 6.07 Å². The van der Waals surface area contributed by atoms with Gasteiger partial charge in [-0.2, -0.15) is 18.4 Å². The first-order chi connectivity index (χ1) is 10.9. The molecule has 0 aliphatic heterocycles. The fourth-order valence-corrected chi connectivity index (χ4v) is 3.38. The van der Waals surface area contributed by atoms with Crippen LogP contribution in [0.3, 0.4) is 0 Å². The van der Waals surface area contributed by atoms with Crippen LogP contribution in [0.4, 0.5) is 13.2 Å². The van der Waals surface area contributed by atoms with E-state index in [0.29, 0.717) is 0 Å². The van der Waals surface area contributed by atoms with Crippen molar-refractivity contribution in [3.63, 3.8) is 0 Å². The summed E-state index contributed by atoms with van der Waals surface area (Å²) in [6.45, 7) is 1.40. The summed E-state index contributed by atoms with van der Waals surface area (Å²) in [6.07, 6.45) is -0.872. The van der Waals surface area contributed by atoms with Crippen molar-refractivity contribution in [2.45, 2.75) is 18.0 Å². The van der Waals surface area contributed by atoms with Crippen LogP contribution >= 0.6 is 0 Å². The van der Waals surface area contributed by atoms with Crippen molar-refractivity contribution in [1.82, 2.24) is 0 Å². The van der Waals surface area contributed by atoms with Gasteiger partial charge in [-0.25, -0.2) is 8.42 Å². The molecule has 1 aromatic rings. The quantitative estimate of drug-likeness (QED) is 0.818. The largest absolute Gasteiger partial charge is 0.402 e. The number of rotatable bonds is 2. The zero-order valence-corrected chi connectivity index (χ0v) is 13.4. The van der Waals surface area contributed by atoms with Crippen molar-refractivity contribution in [2.75, 3.05) is 6.26 Å². The number of sulfone groups is 1. The Bertz CT molecular complexity index is 919. The number of halogens is 3. The highest BCUT2D eigenvalue weighted by Gasteiger charge is 2.48. The van der Waals surface area contributed by atoms with E-state index in [1.807, 2.05) is 0 Å². The molecular formula is C16H11F3NO3S. The van der Waals surface area contributed by atoms with Gasteiger partial charge in [0, 0.05) is 12.3 Å². The highest BCUT2D eigenvalue weighted by molar-refractivity contribution is 7.90. The fraction of sp³-hybridized carbons (Fsp3) is 0.250. The maximum atomic E-state index is 13.3. The maximum absolute atomic E-state index is 13.3. The van der Waals surface area contributed by atoms with E-state index < -0.39 is 38.2 Å². The minimum atomic E-state index is -4.89. The monoisotopic (exact) mass is 354 g/mol. The molecule has 1 aliphatic carbocycles. The average molecular weight is 354 g/mol. The SMILES string of the molecule is CC1=[C]C(=O)C(C(F)(F)F)C(c2ccc(C#N)cc2S(C)(=O)=O)=C1. The number of benzene rings is 1. The predicted octanol–water partition coefficient (Wildman–Crippen LogP) is 2.86. The lowest BCUT2D eigenvalue weighted by atomic mass is 9.83. The Morgan fingerprint density at radius 3 is 2.42 bits per heavy atom. The van der Waals surface area contributed by atoms with E-state index in [-0.39, 0.29) is 16.7 Å². The van der Waals surface area contributed by atoms with Crippen LogP contribution in [0.25, 0.3) is 5.57 Å². The van der Waals surface area contributed by atoms with Crippen molar-refractivity contribution in [2.24, 2.45) is 5.92 Å². The molecule has 1 aliphatic rings. The van der Waals surface area contributed by atoms with Crippen LogP contribution in [0.2, 0.25) is 0 Å². The molecule has 0 fully saturated rings. The highest BCUT2D eigenvalue weighted by atomic mass is 32.2. The lowest BCUT2D eigenvalue weighted by molar-refractivity contribution is -0.166. The predicted molar refractivity (Wildman–Crippen MR) is 79.2 cm³/mol. The third-order valence-corrected chi connectivity index (χ3v) is 4.55. The Kier molecular flexibility index (Phi) is 4.42. The summed E-state index contributed by atoms with van der Waals surface area (Å²) in [4.78, 5) is 11.4. The number of hydrogen-bond donors (Lipinski definition) is 0. The zero-order chi connectivity index (χ0) is 18.3. The molecule has 0 heterocycles. The molecule has 0 aromatic heterocycles. The molecule has 0 saturated heterocycles. The molecular weight excluding hydrogens is 343 g/mol. The van der Waals surface area contributed by atoms with E-state index in [4.69, 9.17) is 5.26 Å². The van der Waals surface area contributed by atoms with Gasteiger partial charge in [0.2, 0.25) is 0 Å². The van der Waals surface area contributed by atoms with Crippen LogP contribution in [0.5, 0.6) is 0 Å². The fourth-order valence-electron chi connectivity index (χ4n) is 2.46. The van der Waals surface area contributed by atoms with E-state index in [0.717, 1.165) is 24.5 Å². The van der Waals surface area contributed by atoms with Crippen molar-refractivity contribution < 1.29 is 26.4 Å². The van der Waals surface area contributed by atoms with E-state index in [1.54, 1.807) is 6.07 Å². The Morgan fingerprint density at radius 2 is 1.92 bits per heavy atom. The molecule has 0 saturated carbocycles. The number of hydrogen-bond acceptors (Lipinski definition) is 4. The van der Waals surface area contributed by atoms with Crippen LogP contribution < -0.4 is 0 Å². The van der Waals surface area contributed by atoms with Crippen LogP contribution in [0.15, 0.2) is 34.7 Å². The molecule has 0 amide bonds. The lowest BCUT2D eigenvalue weighted by Gasteiger charge is -2.25. The van der Waals surface area contributed by atoms with Gasteiger partial charge in [-0.05, 0) is 35.8 Å². The van der Waals surface area contributed by atoms with Gasteiger partial charge in [0.1, 0.15) is 5.92 Å². The van der Waals surface area contributed by atoms with Gasteiger partial charge in [0.25, 0.3) is 0 Å². The number of nitrogens with zero attached hydrogens (tertiary/aromatic N) is 1. The van der Waals surface area contributed by atoms with E-state index >= 15 is 0 Å². The summed E-state index contributed by atoms with van der Waals surface area (Å²) in [5.74, 6) is -3.77. The Labute approximate surface area is 136 Å². The first-order valence-corrected chi connectivity index (χ1v) is 8.51. The van der Waals surface area contributed by atoms with E-state index in [1.165, 1.54) is 13.0 Å². The Balaban J connectivity index is 2.80. The second kappa shape index (κ2) is 5.91. The number of carbonyl (C=O) groups is 1. The highest BCUT2D eigenvalue weighted by Crippen LogP contribution is 2.42. The molecule has 125 valence electrons. The smallest absolute Gasteiger partial charge is 0.293 e. The molecule has 1 radical (unpaired) electrons. The summed E-state index contributed by atoms with van der Waals surface area (Å²) >= 11 is 0. The number of carbonyl (C=O) groups excluding carboxylic acids is 1. The molecule has 0 bridgehead atoms. The molecule has 1 unspecified atom stereocenters. The molecule has 8 heteroatoms. The third-order valence-electron chi connectivity index (χ3n) is 3.41. The van der Waals surface area contributed by atoms with E-state index in [9.17, 15) is 26.4 Å². The van der Waals surface area contributed by atoms with Gasteiger partial charge in [-0.15, -0.1) is 0 Å². The molecule has 1 atom stereocenters. The molecule has 4 nitrogen and oxygen atoms in total. The number of allylic oxidation sites excluding steroid dienone is 4. The Hall–Kier alpha value is -2.40. The molecule has 24 heavy (non-hydrogen) atoms. The zero-order valence-electron chi connectivity index (χ0n) is 12.6. The van der Waals surface area contributed by atoms with Gasteiger partial charge < -0.3 is 0 Å².